The Bertz CT molecular complexity index is 2310. The Morgan fingerprint density at radius 2 is 0.720 bits per heavy atom. The van der Waals surface area contributed by atoms with Gasteiger partial charge >= 0.3 is 6.18 Å². The summed E-state index contributed by atoms with van der Waals surface area (Å²) >= 11 is 0. The highest BCUT2D eigenvalue weighted by Crippen LogP contribution is 2.58. The standard InChI is InChI=1S/C30F13N7/c31-20-11(5-48)21(32)25(36)17(24(20)35)8(2-45)15-14(7(1-44)13-10(4-47)28(39)50-29(40)19(13)30(41,42)43)16(15)9(3-46)18-26(37)22(33)12(6-49)23(34)27(18)38/b14-7?,15-8-,16-9+. The van der Waals surface area contributed by atoms with Crippen LogP contribution in [0, 0.1) is 126 Å². The van der Waals surface area contributed by atoms with Gasteiger partial charge in [0.05, 0.1) is 27.8 Å². The number of halogens is 13. The van der Waals surface area contributed by atoms with Gasteiger partial charge in [0.15, 0.2) is 46.5 Å². The Morgan fingerprint density at radius 3 is 0.980 bits per heavy atom. The molecule has 0 spiro atoms. The molecule has 0 bridgehead atoms. The van der Waals surface area contributed by atoms with E-state index in [9.17, 15) is 60.6 Å². The Balaban J connectivity index is 2.44. The van der Waals surface area contributed by atoms with Crippen molar-refractivity contribution in [1.29, 1.82) is 31.6 Å². The van der Waals surface area contributed by atoms with Crippen LogP contribution in [-0.2, 0) is 6.18 Å². The van der Waals surface area contributed by atoms with E-state index in [-0.39, 0.29) is 0 Å². The molecule has 1 aliphatic rings. The Labute approximate surface area is 267 Å². The van der Waals surface area contributed by atoms with Gasteiger partial charge in [-0.15, -0.1) is 0 Å². The molecule has 4 rings (SSSR count). The fraction of sp³-hybridized carbons (Fsp3) is 0.0333. The maximum atomic E-state index is 15.1. The number of allylic oxidation sites excluding steroid dienone is 6. The van der Waals surface area contributed by atoms with E-state index < -0.39 is 137 Å². The first-order valence-corrected chi connectivity index (χ1v) is 12.2. The average Bonchev–Trinajstić information content (AvgIpc) is 3.77. The van der Waals surface area contributed by atoms with Crippen LogP contribution in [-0.4, -0.2) is 4.98 Å². The number of hydrogen-bond donors (Lipinski definition) is 0. The fourth-order valence-corrected chi connectivity index (χ4v) is 4.69. The quantitative estimate of drug-likeness (QED) is 0.119. The molecule has 1 saturated carbocycles. The number of aromatic nitrogens is 1. The van der Waals surface area contributed by atoms with Crippen LogP contribution < -0.4 is 0 Å². The van der Waals surface area contributed by atoms with Crippen molar-refractivity contribution in [2.24, 2.45) is 0 Å². The first-order valence-electron chi connectivity index (χ1n) is 12.2. The molecule has 3 aromatic rings. The number of benzene rings is 2. The van der Waals surface area contributed by atoms with E-state index >= 15 is 17.6 Å². The lowest BCUT2D eigenvalue weighted by molar-refractivity contribution is -0.140. The fourth-order valence-electron chi connectivity index (χ4n) is 4.69. The lowest BCUT2D eigenvalue weighted by Gasteiger charge is -2.14. The van der Waals surface area contributed by atoms with Crippen molar-refractivity contribution in [3.63, 3.8) is 0 Å². The molecule has 0 radical (unpaired) electrons. The van der Waals surface area contributed by atoms with Crippen molar-refractivity contribution in [1.82, 2.24) is 4.98 Å². The molecule has 20 heteroatoms. The molecular formula is C30F13N7. The summed E-state index contributed by atoms with van der Waals surface area (Å²) < 4.78 is 190. The van der Waals surface area contributed by atoms with Gasteiger partial charge in [-0.25, -0.2) is 35.1 Å². The zero-order valence-corrected chi connectivity index (χ0v) is 23.0. The zero-order valence-electron chi connectivity index (χ0n) is 23.0. The van der Waals surface area contributed by atoms with Gasteiger partial charge in [-0.05, 0) is 0 Å². The minimum atomic E-state index is -6.00. The third-order valence-corrected chi connectivity index (χ3v) is 6.78. The lowest BCUT2D eigenvalue weighted by Crippen LogP contribution is -2.16. The van der Waals surface area contributed by atoms with Crippen molar-refractivity contribution >= 4 is 16.7 Å². The van der Waals surface area contributed by atoms with Crippen molar-refractivity contribution in [2.45, 2.75) is 6.18 Å². The minimum absolute atomic E-state index is 0.740. The predicted octanol–water partition coefficient (Wildman–Crippen LogP) is 7.35. The van der Waals surface area contributed by atoms with E-state index in [4.69, 9.17) is 10.5 Å². The summed E-state index contributed by atoms with van der Waals surface area (Å²) in [5.74, 6) is -25.4. The number of hydrogen-bond acceptors (Lipinski definition) is 7. The second-order valence-corrected chi connectivity index (χ2v) is 9.25. The summed E-state index contributed by atoms with van der Waals surface area (Å²) in [5, 5.41) is 56.7. The predicted molar refractivity (Wildman–Crippen MR) is 133 cm³/mol. The van der Waals surface area contributed by atoms with Gasteiger partial charge in [0.1, 0.15) is 58.7 Å². The normalized spacial score (nSPS) is 15.1. The van der Waals surface area contributed by atoms with Crippen LogP contribution in [0.3, 0.4) is 0 Å². The van der Waals surface area contributed by atoms with Crippen LogP contribution in [0.4, 0.5) is 57.1 Å². The number of nitrogens with zero attached hydrogens (tertiary/aromatic N) is 7. The highest BCUT2D eigenvalue weighted by Gasteiger charge is 2.48. The SMILES string of the molecule is N#CC(=C1C(=C(/C#N)c2c(F)c(F)c(C#N)c(F)c2F)/C1=C(/C#N)c1c(F)c(F)c(C#N)c(F)c1F)c1c(C#N)c(F)nc(F)c1C(F)(F)F. The van der Waals surface area contributed by atoms with Gasteiger partial charge in [0, 0.05) is 22.3 Å². The lowest BCUT2D eigenvalue weighted by atomic mass is 9.95. The molecule has 1 aliphatic carbocycles. The van der Waals surface area contributed by atoms with Crippen molar-refractivity contribution in [2.75, 3.05) is 0 Å². The van der Waals surface area contributed by atoms with E-state index in [2.05, 4.69) is 4.98 Å². The van der Waals surface area contributed by atoms with Crippen LogP contribution in [0.25, 0.3) is 16.7 Å². The summed E-state index contributed by atoms with van der Waals surface area (Å²) in [4.78, 5) is 2.27. The monoisotopic (exact) mass is 705 g/mol. The second-order valence-electron chi connectivity index (χ2n) is 9.25. The third-order valence-electron chi connectivity index (χ3n) is 6.78. The molecule has 0 aliphatic heterocycles. The van der Waals surface area contributed by atoms with Gasteiger partial charge in [0.2, 0.25) is 11.9 Å². The minimum Gasteiger partial charge on any atom is -0.203 e. The average molecular weight is 705 g/mol. The summed E-state index contributed by atoms with van der Waals surface area (Å²) in [6.45, 7) is 0. The molecule has 1 fully saturated rings. The molecule has 0 N–H and O–H groups in total. The number of alkyl halides is 3. The summed E-state index contributed by atoms with van der Waals surface area (Å²) in [6, 6.07) is 5.03. The molecule has 0 atom stereocenters. The van der Waals surface area contributed by atoms with Gasteiger partial charge in [-0.3, -0.25) is 0 Å². The largest absolute Gasteiger partial charge is 0.421 e. The van der Waals surface area contributed by atoms with Gasteiger partial charge in [0.25, 0.3) is 0 Å². The smallest absolute Gasteiger partial charge is 0.203 e. The Morgan fingerprint density at radius 1 is 0.420 bits per heavy atom. The highest BCUT2D eigenvalue weighted by molar-refractivity contribution is 6.12. The van der Waals surface area contributed by atoms with Crippen LogP contribution in [0.5, 0.6) is 0 Å². The van der Waals surface area contributed by atoms with E-state index in [1.54, 1.807) is 0 Å². The summed E-state index contributed by atoms with van der Waals surface area (Å²) in [6.07, 6.45) is -6.00. The molecular weight excluding hydrogens is 705 g/mol. The molecule has 0 saturated heterocycles. The Hall–Kier alpha value is -7.16. The first kappa shape index (κ1) is 35.7. The first-order chi connectivity index (χ1) is 23.4. The second kappa shape index (κ2) is 12.5. The van der Waals surface area contributed by atoms with Crippen molar-refractivity contribution in [3.05, 3.63) is 114 Å². The van der Waals surface area contributed by atoms with Crippen molar-refractivity contribution in [3.8, 4) is 36.4 Å². The van der Waals surface area contributed by atoms with E-state index in [0.717, 1.165) is 36.4 Å². The molecule has 0 unspecified atom stereocenters. The van der Waals surface area contributed by atoms with Crippen molar-refractivity contribution < 1.29 is 57.1 Å². The highest BCUT2D eigenvalue weighted by atomic mass is 19.4. The van der Waals surface area contributed by atoms with Crippen LogP contribution in [0.1, 0.15) is 38.9 Å². The molecule has 1 aromatic heterocycles. The van der Waals surface area contributed by atoms with Gasteiger partial charge in [-0.2, -0.15) is 58.5 Å². The van der Waals surface area contributed by atoms with E-state index in [1.165, 1.54) is 0 Å². The van der Waals surface area contributed by atoms with Crippen LogP contribution in [0.15, 0.2) is 16.7 Å². The van der Waals surface area contributed by atoms with Gasteiger partial charge < -0.3 is 0 Å². The number of pyridine rings is 1. The van der Waals surface area contributed by atoms with E-state index in [1.807, 2.05) is 0 Å². The molecule has 7 nitrogen and oxygen atoms in total. The summed E-state index contributed by atoms with van der Waals surface area (Å²) in [7, 11) is 0. The molecule has 1 heterocycles. The number of nitriles is 6. The van der Waals surface area contributed by atoms with Crippen LogP contribution >= 0.6 is 0 Å². The molecule has 246 valence electrons. The maximum absolute atomic E-state index is 15.1. The molecule has 2 aromatic carbocycles. The topological polar surface area (TPSA) is 156 Å². The number of rotatable bonds is 3. The van der Waals surface area contributed by atoms with Crippen LogP contribution in [0.2, 0.25) is 0 Å². The summed E-state index contributed by atoms with van der Waals surface area (Å²) in [5.41, 5.74) is -25.0. The van der Waals surface area contributed by atoms with E-state index in [0.29, 0.717) is 0 Å². The third kappa shape index (κ3) is 5.09. The Kier molecular flexibility index (Phi) is 8.89. The molecule has 0 amide bonds. The van der Waals surface area contributed by atoms with Gasteiger partial charge in [-0.1, -0.05) is 0 Å². The maximum Gasteiger partial charge on any atom is 0.421 e. The zero-order chi connectivity index (χ0) is 37.7. The molecule has 50 heavy (non-hydrogen) atoms.